The first kappa shape index (κ1) is 13.6. The Morgan fingerprint density at radius 1 is 1.45 bits per heavy atom. The maximum Gasteiger partial charge on any atom is 0.336 e. The minimum atomic E-state index is -1.02. The highest BCUT2D eigenvalue weighted by Gasteiger charge is 2.17. The Kier molecular flexibility index (Phi) is 3.44. The maximum absolute atomic E-state index is 11.1. The third-order valence-electron chi connectivity index (χ3n) is 3.00. The molecule has 0 saturated heterocycles. The summed E-state index contributed by atoms with van der Waals surface area (Å²) < 4.78 is 7.15. The van der Waals surface area contributed by atoms with Gasteiger partial charge in [-0.2, -0.15) is 10.4 Å². The number of nitriles is 1. The largest absolute Gasteiger partial charge is 0.478 e. The summed E-state index contributed by atoms with van der Waals surface area (Å²) in [6, 6.07) is 6.80. The number of aromatic nitrogens is 2. The summed E-state index contributed by atoms with van der Waals surface area (Å²) in [4.78, 5) is 11.1. The topological polar surface area (TPSA) is 88.1 Å². The van der Waals surface area contributed by atoms with E-state index in [1.54, 1.807) is 33.0 Å². The molecular weight excluding hydrogens is 258 g/mol. The molecule has 0 aliphatic carbocycles. The number of nitrogens with zero attached hydrogens (tertiary/aromatic N) is 3. The van der Waals surface area contributed by atoms with Gasteiger partial charge in [-0.05, 0) is 26.0 Å². The van der Waals surface area contributed by atoms with Gasteiger partial charge in [0.25, 0.3) is 0 Å². The van der Waals surface area contributed by atoms with Crippen molar-refractivity contribution in [1.82, 2.24) is 9.78 Å². The van der Waals surface area contributed by atoms with Crippen molar-refractivity contribution >= 4 is 5.97 Å². The fraction of sp³-hybridized carbons (Fsp3) is 0.214. The lowest BCUT2D eigenvalue weighted by molar-refractivity contribution is 0.0695. The number of aryl methyl sites for hydroxylation is 2. The van der Waals surface area contributed by atoms with Crippen molar-refractivity contribution in [3.63, 3.8) is 0 Å². The molecule has 0 aliphatic rings. The smallest absolute Gasteiger partial charge is 0.336 e. The number of carboxylic acid groups (broad SMARTS) is 1. The number of carbonyl (C=O) groups is 1. The standard InChI is InChI=1S/C14H13N3O3/c1-8-10(14(18)19)5-4-6-12(8)20-13-11(7-15)9(2)16-17(13)3/h4-6H,1-3H3,(H,18,19). The van der Waals surface area contributed by atoms with E-state index in [1.165, 1.54) is 10.7 Å². The third kappa shape index (κ3) is 2.21. The van der Waals surface area contributed by atoms with Gasteiger partial charge < -0.3 is 9.84 Å². The summed E-state index contributed by atoms with van der Waals surface area (Å²) in [5, 5.41) is 22.3. The number of ether oxygens (including phenoxy) is 1. The van der Waals surface area contributed by atoms with Crippen LogP contribution in [-0.4, -0.2) is 20.9 Å². The minimum absolute atomic E-state index is 0.167. The molecule has 6 nitrogen and oxygen atoms in total. The Labute approximate surface area is 115 Å². The lowest BCUT2D eigenvalue weighted by Gasteiger charge is -2.10. The zero-order chi connectivity index (χ0) is 14.9. The minimum Gasteiger partial charge on any atom is -0.478 e. The van der Waals surface area contributed by atoms with E-state index in [0.717, 1.165) is 0 Å². The van der Waals surface area contributed by atoms with Crippen molar-refractivity contribution in [2.45, 2.75) is 13.8 Å². The second-order valence-corrected chi connectivity index (χ2v) is 4.34. The van der Waals surface area contributed by atoms with Gasteiger partial charge in [-0.25, -0.2) is 9.48 Å². The van der Waals surface area contributed by atoms with Crippen LogP contribution in [-0.2, 0) is 7.05 Å². The van der Waals surface area contributed by atoms with Gasteiger partial charge in [0, 0.05) is 12.6 Å². The summed E-state index contributed by atoms with van der Waals surface area (Å²) in [6.45, 7) is 3.38. The van der Waals surface area contributed by atoms with E-state index >= 15 is 0 Å². The monoisotopic (exact) mass is 271 g/mol. The van der Waals surface area contributed by atoms with Gasteiger partial charge in [0.15, 0.2) is 0 Å². The average molecular weight is 271 g/mol. The molecule has 0 aliphatic heterocycles. The van der Waals surface area contributed by atoms with E-state index in [4.69, 9.17) is 15.1 Å². The maximum atomic E-state index is 11.1. The fourth-order valence-corrected chi connectivity index (χ4v) is 1.94. The molecule has 0 unspecified atom stereocenters. The molecule has 0 bridgehead atoms. The first-order valence-corrected chi connectivity index (χ1v) is 5.90. The average Bonchev–Trinajstić information content (AvgIpc) is 2.65. The van der Waals surface area contributed by atoms with Crippen LogP contribution >= 0.6 is 0 Å². The van der Waals surface area contributed by atoms with Gasteiger partial charge in [-0.1, -0.05) is 6.07 Å². The molecule has 0 atom stereocenters. The van der Waals surface area contributed by atoms with Crippen LogP contribution in [0.25, 0.3) is 0 Å². The summed E-state index contributed by atoms with van der Waals surface area (Å²) in [7, 11) is 1.67. The van der Waals surface area contributed by atoms with Crippen molar-refractivity contribution in [2.75, 3.05) is 0 Å². The number of hydrogen-bond donors (Lipinski definition) is 1. The summed E-state index contributed by atoms with van der Waals surface area (Å²) >= 11 is 0. The van der Waals surface area contributed by atoms with E-state index in [9.17, 15) is 4.79 Å². The molecule has 0 amide bonds. The molecule has 0 saturated carbocycles. The second kappa shape index (κ2) is 5.05. The molecule has 1 aromatic heterocycles. The van der Waals surface area contributed by atoms with E-state index in [0.29, 0.717) is 28.5 Å². The molecule has 102 valence electrons. The number of benzene rings is 1. The molecule has 0 spiro atoms. The van der Waals surface area contributed by atoms with Crippen molar-refractivity contribution in [1.29, 1.82) is 5.26 Å². The van der Waals surface area contributed by atoms with E-state index in [1.807, 2.05) is 6.07 Å². The second-order valence-electron chi connectivity index (χ2n) is 4.34. The highest BCUT2D eigenvalue weighted by atomic mass is 16.5. The van der Waals surface area contributed by atoms with Crippen molar-refractivity contribution < 1.29 is 14.6 Å². The lowest BCUT2D eigenvalue weighted by atomic mass is 10.1. The fourth-order valence-electron chi connectivity index (χ4n) is 1.94. The first-order valence-electron chi connectivity index (χ1n) is 5.90. The molecular formula is C14H13N3O3. The lowest BCUT2D eigenvalue weighted by Crippen LogP contribution is -2.02. The van der Waals surface area contributed by atoms with E-state index in [2.05, 4.69) is 5.10 Å². The van der Waals surface area contributed by atoms with Crippen molar-refractivity contribution in [3.05, 3.63) is 40.6 Å². The Morgan fingerprint density at radius 3 is 2.75 bits per heavy atom. The first-order chi connectivity index (χ1) is 9.45. The van der Waals surface area contributed by atoms with E-state index in [-0.39, 0.29) is 5.56 Å². The summed E-state index contributed by atoms with van der Waals surface area (Å²) in [5.74, 6) is -0.324. The number of carboxylic acids is 1. The quantitative estimate of drug-likeness (QED) is 0.926. The van der Waals surface area contributed by atoms with Gasteiger partial charge in [-0.15, -0.1) is 0 Å². The van der Waals surface area contributed by atoms with Crippen LogP contribution in [0.5, 0.6) is 11.6 Å². The normalized spacial score (nSPS) is 10.1. The predicted molar refractivity (Wildman–Crippen MR) is 70.9 cm³/mol. The molecule has 1 aromatic carbocycles. The van der Waals surface area contributed by atoms with Gasteiger partial charge >= 0.3 is 5.97 Å². The van der Waals surface area contributed by atoms with E-state index < -0.39 is 5.97 Å². The Hall–Kier alpha value is -2.81. The molecule has 2 rings (SSSR count). The van der Waals surface area contributed by atoms with Crippen molar-refractivity contribution in [2.24, 2.45) is 7.05 Å². The van der Waals surface area contributed by atoms with Crippen LogP contribution in [0.4, 0.5) is 0 Å². The molecule has 1 heterocycles. The SMILES string of the molecule is Cc1nn(C)c(Oc2cccc(C(=O)O)c2C)c1C#N. The van der Waals surface area contributed by atoms with Gasteiger partial charge in [0.2, 0.25) is 5.88 Å². The molecule has 0 fully saturated rings. The Morgan fingerprint density at radius 2 is 2.15 bits per heavy atom. The number of rotatable bonds is 3. The van der Waals surface area contributed by atoms with Crippen molar-refractivity contribution in [3.8, 4) is 17.7 Å². The number of hydrogen-bond acceptors (Lipinski definition) is 4. The molecule has 1 N–H and O–H groups in total. The van der Waals surface area contributed by atoms with Crippen LogP contribution in [0.15, 0.2) is 18.2 Å². The van der Waals surface area contributed by atoms with Crippen LogP contribution < -0.4 is 4.74 Å². The van der Waals surface area contributed by atoms with Crippen LogP contribution in [0.3, 0.4) is 0 Å². The summed E-state index contributed by atoms with van der Waals surface area (Å²) in [6.07, 6.45) is 0. The van der Waals surface area contributed by atoms with Crippen LogP contribution in [0.2, 0.25) is 0 Å². The molecule has 0 radical (unpaired) electrons. The zero-order valence-corrected chi connectivity index (χ0v) is 11.3. The molecule has 6 heteroatoms. The highest BCUT2D eigenvalue weighted by Crippen LogP contribution is 2.30. The van der Waals surface area contributed by atoms with Gasteiger partial charge in [0.1, 0.15) is 17.4 Å². The highest BCUT2D eigenvalue weighted by molar-refractivity contribution is 5.90. The Bertz CT molecular complexity index is 726. The van der Waals surface area contributed by atoms with Crippen LogP contribution in [0.1, 0.15) is 27.2 Å². The van der Waals surface area contributed by atoms with Crippen LogP contribution in [0, 0.1) is 25.2 Å². The van der Waals surface area contributed by atoms with Gasteiger partial charge in [-0.3, -0.25) is 0 Å². The molecule has 20 heavy (non-hydrogen) atoms. The third-order valence-corrected chi connectivity index (χ3v) is 3.00. The van der Waals surface area contributed by atoms with Gasteiger partial charge in [0.05, 0.1) is 11.3 Å². The zero-order valence-electron chi connectivity index (χ0n) is 11.3. The summed E-state index contributed by atoms with van der Waals surface area (Å²) in [5.41, 5.74) is 1.58. The predicted octanol–water partition coefficient (Wildman–Crippen LogP) is 2.40. The Balaban J connectivity index is 2.49. The number of aromatic carboxylic acids is 1. The molecule has 2 aromatic rings.